The molecule has 5 nitrogen and oxygen atoms in total. The fourth-order valence-electron chi connectivity index (χ4n) is 3.85. The average molecular weight is 388 g/mol. The van der Waals surface area contributed by atoms with Crippen LogP contribution in [-0.2, 0) is 28.9 Å². The lowest BCUT2D eigenvalue weighted by molar-refractivity contribution is -0.124. The third-order valence-electron chi connectivity index (χ3n) is 5.38. The van der Waals surface area contributed by atoms with Crippen molar-refractivity contribution in [1.82, 2.24) is 10.3 Å². The highest BCUT2D eigenvalue weighted by atomic mass is 16.5. The Bertz CT molecular complexity index is 1050. The zero-order valence-corrected chi connectivity index (χ0v) is 16.5. The summed E-state index contributed by atoms with van der Waals surface area (Å²) in [5.74, 6) is -0.280. The first-order chi connectivity index (χ1) is 14.1. The van der Waals surface area contributed by atoms with E-state index in [2.05, 4.69) is 12.2 Å². The van der Waals surface area contributed by atoms with Crippen molar-refractivity contribution in [2.24, 2.45) is 5.92 Å². The molecule has 1 aliphatic carbocycles. The van der Waals surface area contributed by atoms with Crippen LogP contribution in [0.5, 0.6) is 0 Å². The number of para-hydroxylation sites is 1. The molecule has 0 bridgehead atoms. The molecule has 0 fully saturated rings. The van der Waals surface area contributed by atoms with E-state index < -0.39 is 5.97 Å². The van der Waals surface area contributed by atoms with Crippen LogP contribution in [0.2, 0.25) is 0 Å². The van der Waals surface area contributed by atoms with E-state index in [1.54, 1.807) is 0 Å². The molecule has 29 heavy (non-hydrogen) atoms. The number of carbonyl (C=O) groups excluding carboxylic acids is 2. The number of hydrogen-bond acceptors (Lipinski definition) is 4. The number of nitrogens with zero attached hydrogens (tertiary/aromatic N) is 1. The highest BCUT2D eigenvalue weighted by Crippen LogP contribution is 2.31. The number of nitrogens with one attached hydrogen (secondary N) is 1. The van der Waals surface area contributed by atoms with E-state index in [0.717, 1.165) is 47.0 Å². The number of benzene rings is 2. The summed E-state index contributed by atoms with van der Waals surface area (Å²) in [5, 5.41) is 3.57. The molecule has 0 unspecified atom stereocenters. The summed E-state index contributed by atoms with van der Waals surface area (Å²) in [6.45, 7) is 2.29. The predicted octanol–water partition coefficient (Wildman–Crippen LogP) is 3.83. The Hall–Kier alpha value is -3.21. The molecule has 0 aliphatic heterocycles. The lowest BCUT2D eigenvalue weighted by atomic mass is 9.84. The van der Waals surface area contributed by atoms with Gasteiger partial charge in [0.25, 0.3) is 5.91 Å². The van der Waals surface area contributed by atoms with Crippen molar-refractivity contribution in [2.45, 2.75) is 32.7 Å². The van der Waals surface area contributed by atoms with Crippen LogP contribution in [0, 0.1) is 5.92 Å². The zero-order chi connectivity index (χ0) is 20.2. The second-order valence-corrected chi connectivity index (χ2v) is 7.62. The van der Waals surface area contributed by atoms with Crippen LogP contribution in [0.1, 0.15) is 40.5 Å². The van der Waals surface area contributed by atoms with Gasteiger partial charge in [0.2, 0.25) is 0 Å². The Morgan fingerprint density at radius 2 is 1.86 bits per heavy atom. The minimum absolute atomic E-state index is 0.299. The normalized spacial score (nSPS) is 15.6. The molecule has 1 aromatic heterocycles. The summed E-state index contributed by atoms with van der Waals surface area (Å²) in [5.41, 5.74) is 4.30. The largest absolute Gasteiger partial charge is 0.452 e. The van der Waals surface area contributed by atoms with Crippen molar-refractivity contribution in [3.05, 3.63) is 77.0 Å². The van der Waals surface area contributed by atoms with E-state index in [-0.39, 0.29) is 12.5 Å². The van der Waals surface area contributed by atoms with Gasteiger partial charge >= 0.3 is 5.97 Å². The number of fused-ring (bicyclic) bond motifs is 2. The van der Waals surface area contributed by atoms with Gasteiger partial charge in [-0.1, -0.05) is 55.5 Å². The van der Waals surface area contributed by atoms with Crippen molar-refractivity contribution < 1.29 is 14.3 Å². The van der Waals surface area contributed by atoms with E-state index in [4.69, 9.17) is 9.72 Å². The highest BCUT2D eigenvalue weighted by Gasteiger charge is 2.26. The third kappa shape index (κ3) is 4.29. The Labute approximate surface area is 170 Å². The van der Waals surface area contributed by atoms with Gasteiger partial charge < -0.3 is 10.1 Å². The molecule has 0 spiro atoms. The third-order valence-corrected chi connectivity index (χ3v) is 5.38. The molecule has 1 amide bonds. The van der Waals surface area contributed by atoms with Gasteiger partial charge in [0.15, 0.2) is 6.61 Å². The van der Waals surface area contributed by atoms with Gasteiger partial charge in [0.05, 0.1) is 11.1 Å². The summed E-state index contributed by atoms with van der Waals surface area (Å²) < 4.78 is 5.41. The molecule has 0 saturated carbocycles. The average Bonchev–Trinajstić information content (AvgIpc) is 2.75. The van der Waals surface area contributed by atoms with Crippen molar-refractivity contribution >= 4 is 22.8 Å². The van der Waals surface area contributed by atoms with Crippen molar-refractivity contribution in [3.63, 3.8) is 0 Å². The van der Waals surface area contributed by atoms with Crippen LogP contribution in [0.15, 0.2) is 54.6 Å². The maximum atomic E-state index is 13.0. The van der Waals surface area contributed by atoms with E-state index in [9.17, 15) is 9.59 Å². The fraction of sp³-hybridized carbons (Fsp3) is 0.292. The van der Waals surface area contributed by atoms with E-state index in [1.807, 2.05) is 54.6 Å². The molecule has 0 saturated heterocycles. The van der Waals surface area contributed by atoms with Gasteiger partial charge in [0.1, 0.15) is 0 Å². The standard InChI is InChI=1S/C24H24N2O3/c1-16-11-12-21-19(13-16)23(18-9-5-6-10-20(18)26-21)24(28)29-15-22(27)25-14-17-7-3-2-4-8-17/h2-10,16H,11-15H2,1H3,(H,25,27)/t16-/m1/s1. The van der Waals surface area contributed by atoms with Crippen molar-refractivity contribution in [3.8, 4) is 0 Å². The van der Waals surface area contributed by atoms with Crippen molar-refractivity contribution in [1.29, 1.82) is 0 Å². The number of esters is 1. The second kappa shape index (κ2) is 8.43. The Morgan fingerprint density at radius 1 is 1.10 bits per heavy atom. The summed E-state index contributed by atoms with van der Waals surface area (Å²) in [4.78, 5) is 29.9. The van der Waals surface area contributed by atoms with Crippen molar-refractivity contribution in [2.75, 3.05) is 6.61 Å². The van der Waals surface area contributed by atoms with Gasteiger partial charge in [0, 0.05) is 17.6 Å². The molecule has 5 heteroatoms. The molecule has 1 aliphatic rings. The van der Waals surface area contributed by atoms with Crippen LogP contribution in [0.3, 0.4) is 0 Å². The monoisotopic (exact) mass is 388 g/mol. The summed E-state index contributed by atoms with van der Waals surface area (Å²) in [6, 6.07) is 17.2. The maximum Gasteiger partial charge on any atom is 0.339 e. The molecular formula is C24H24N2O3. The highest BCUT2D eigenvalue weighted by molar-refractivity contribution is 6.05. The summed E-state index contributed by atoms with van der Waals surface area (Å²) in [7, 11) is 0. The smallest absolute Gasteiger partial charge is 0.339 e. The minimum Gasteiger partial charge on any atom is -0.452 e. The number of carbonyl (C=O) groups is 2. The molecule has 1 heterocycles. The fourth-order valence-corrected chi connectivity index (χ4v) is 3.85. The molecule has 4 rings (SSSR count). The minimum atomic E-state index is -0.455. The van der Waals surface area contributed by atoms with Gasteiger partial charge in [-0.15, -0.1) is 0 Å². The van der Waals surface area contributed by atoms with Gasteiger partial charge in [-0.05, 0) is 42.4 Å². The van der Waals surface area contributed by atoms with Crippen LogP contribution >= 0.6 is 0 Å². The topological polar surface area (TPSA) is 68.3 Å². The molecular weight excluding hydrogens is 364 g/mol. The van der Waals surface area contributed by atoms with Crippen LogP contribution < -0.4 is 5.32 Å². The number of hydrogen-bond donors (Lipinski definition) is 1. The van der Waals surface area contributed by atoms with Crippen LogP contribution in [-0.4, -0.2) is 23.5 Å². The van der Waals surface area contributed by atoms with E-state index >= 15 is 0 Å². The molecule has 3 aromatic rings. The Balaban J connectivity index is 1.51. The molecule has 1 N–H and O–H groups in total. The van der Waals surface area contributed by atoms with Crippen LogP contribution in [0.25, 0.3) is 10.9 Å². The lowest BCUT2D eigenvalue weighted by Crippen LogP contribution is -2.29. The quantitative estimate of drug-likeness (QED) is 0.675. The number of rotatable bonds is 5. The molecule has 2 aromatic carbocycles. The van der Waals surface area contributed by atoms with Crippen LogP contribution in [0.4, 0.5) is 0 Å². The number of aryl methyl sites for hydroxylation is 1. The maximum absolute atomic E-state index is 13.0. The Kier molecular flexibility index (Phi) is 5.56. The lowest BCUT2D eigenvalue weighted by Gasteiger charge is -2.24. The predicted molar refractivity (Wildman–Crippen MR) is 112 cm³/mol. The first-order valence-corrected chi connectivity index (χ1v) is 10.00. The van der Waals surface area contributed by atoms with Gasteiger partial charge in [-0.25, -0.2) is 4.79 Å². The molecule has 1 atom stereocenters. The van der Waals surface area contributed by atoms with E-state index in [1.165, 1.54) is 0 Å². The SMILES string of the molecule is C[C@@H]1CCc2nc3ccccc3c(C(=O)OCC(=O)NCc3ccccc3)c2C1. The molecule has 0 radical (unpaired) electrons. The molecule has 148 valence electrons. The zero-order valence-electron chi connectivity index (χ0n) is 16.5. The first-order valence-electron chi connectivity index (χ1n) is 10.00. The number of ether oxygens (including phenoxy) is 1. The number of amides is 1. The summed E-state index contributed by atoms with van der Waals surface area (Å²) in [6.07, 6.45) is 2.73. The Morgan fingerprint density at radius 3 is 2.69 bits per heavy atom. The van der Waals surface area contributed by atoms with Gasteiger partial charge in [-0.3, -0.25) is 9.78 Å². The van der Waals surface area contributed by atoms with E-state index in [0.29, 0.717) is 18.0 Å². The van der Waals surface area contributed by atoms with Gasteiger partial charge in [-0.2, -0.15) is 0 Å². The summed E-state index contributed by atoms with van der Waals surface area (Å²) >= 11 is 0. The second-order valence-electron chi connectivity index (χ2n) is 7.62. The number of pyridine rings is 1. The first kappa shape index (κ1) is 19.1. The number of aromatic nitrogens is 1.